The third-order valence-electron chi connectivity index (χ3n) is 4.06. The quantitative estimate of drug-likeness (QED) is 0.847. The molecular weight excluding hydrogens is 318 g/mol. The number of rotatable bonds is 6. The number of carbonyl (C=O) groups is 1. The standard InChI is InChI=1S/C19H21N3O3/c1-24-17-10-8-15(9-11-17)21-18(23)14-5-2-13(3-6-14)4-7-16-12-25-19(20)22-16/h2-3,5-6,8-11,16H,4,7,12H2,1H3,(H2,20,22)(H,21,23)/t16-/m0/s1. The van der Waals surface area contributed by atoms with Crippen LogP contribution in [0.15, 0.2) is 53.5 Å². The molecule has 25 heavy (non-hydrogen) atoms. The van der Waals surface area contributed by atoms with Crippen LogP contribution in [0.2, 0.25) is 0 Å². The Hall–Kier alpha value is -3.02. The molecule has 0 unspecified atom stereocenters. The number of ether oxygens (including phenoxy) is 2. The summed E-state index contributed by atoms with van der Waals surface area (Å²) in [4.78, 5) is 16.5. The first-order valence-electron chi connectivity index (χ1n) is 8.14. The Morgan fingerprint density at radius 3 is 2.56 bits per heavy atom. The molecule has 2 aromatic rings. The highest BCUT2D eigenvalue weighted by molar-refractivity contribution is 6.04. The van der Waals surface area contributed by atoms with Crippen LogP contribution in [0.5, 0.6) is 5.75 Å². The van der Waals surface area contributed by atoms with Gasteiger partial charge in [-0.05, 0) is 54.8 Å². The summed E-state index contributed by atoms with van der Waals surface area (Å²) in [5, 5.41) is 2.87. The molecule has 3 rings (SSSR count). The van der Waals surface area contributed by atoms with Gasteiger partial charge in [-0.15, -0.1) is 0 Å². The second-order valence-corrected chi connectivity index (χ2v) is 5.85. The molecule has 1 atom stereocenters. The van der Waals surface area contributed by atoms with Crippen LogP contribution in [0.4, 0.5) is 5.69 Å². The number of aryl methyl sites for hydroxylation is 1. The van der Waals surface area contributed by atoms with Gasteiger partial charge in [0, 0.05) is 11.3 Å². The van der Waals surface area contributed by atoms with E-state index in [2.05, 4.69) is 10.3 Å². The highest BCUT2D eigenvalue weighted by Crippen LogP contribution is 2.17. The Morgan fingerprint density at radius 1 is 1.24 bits per heavy atom. The third kappa shape index (κ3) is 4.50. The highest BCUT2D eigenvalue weighted by Gasteiger charge is 2.16. The molecule has 1 aliphatic rings. The summed E-state index contributed by atoms with van der Waals surface area (Å²) in [6.45, 7) is 0.550. The van der Waals surface area contributed by atoms with Gasteiger partial charge in [0.15, 0.2) is 0 Å². The van der Waals surface area contributed by atoms with Crippen LogP contribution in [-0.2, 0) is 11.2 Å². The molecule has 1 heterocycles. The molecule has 6 heteroatoms. The van der Waals surface area contributed by atoms with Gasteiger partial charge in [0.1, 0.15) is 12.4 Å². The zero-order chi connectivity index (χ0) is 17.6. The van der Waals surface area contributed by atoms with Crippen LogP contribution in [0.1, 0.15) is 22.3 Å². The number of methoxy groups -OCH3 is 1. The van der Waals surface area contributed by atoms with Crippen molar-refractivity contribution in [1.82, 2.24) is 0 Å². The molecule has 0 aromatic heterocycles. The normalized spacial score (nSPS) is 16.0. The number of nitrogens with zero attached hydrogens (tertiary/aromatic N) is 1. The topological polar surface area (TPSA) is 85.9 Å². The minimum Gasteiger partial charge on any atom is -0.497 e. The molecule has 0 saturated carbocycles. The molecule has 3 N–H and O–H groups in total. The second-order valence-electron chi connectivity index (χ2n) is 5.85. The van der Waals surface area contributed by atoms with Gasteiger partial charge in [-0.25, -0.2) is 4.99 Å². The minimum atomic E-state index is -0.140. The van der Waals surface area contributed by atoms with Gasteiger partial charge in [0.25, 0.3) is 11.9 Å². The molecule has 0 bridgehead atoms. The van der Waals surface area contributed by atoms with Gasteiger partial charge < -0.3 is 20.5 Å². The summed E-state index contributed by atoms with van der Waals surface area (Å²) in [5.74, 6) is 0.611. The van der Waals surface area contributed by atoms with E-state index < -0.39 is 0 Å². The second kappa shape index (κ2) is 7.70. The Morgan fingerprint density at radius 2 is 1.96 bits per heavy atom. The molecule has 0 fully saturated rings. The number of benzene rings is 2. The predicted molar refractivity (Wildman–Crippen MR) is 97.1 cm³/mol. The number of hydrogen-bond donors (Lipinski definition) is 2. The van der Waals surface area contributed by atoms with Gasteiger partial charge in [-0.2, -0.15) is 0 Å². The largest absolute Gasteiger partial charge is 0.497 e. The molecule has 2 aromatic carbocycles. The van der Waals surface area contributed by atoms with E-state index in [1.807, 2.05) is 24.3 Å². The molecule has 0 aliphatic carbocycles. The van der Waals surface area contributed by atoms with Crippen molar-refractivity contribution in [3.63, 3.8) is 0 Å². The van der Waals surface area contributed by atoms with Crippen molar-refractivity contribution in [2.24, 2.45) is 10.7 Å². The zero-order valence-corrected chi connectivity index (χ0v) is 14.1. The average molecular weight is 339 g/mol. The lowest BCUT2D eigenvalue weighted by atomic mass is 10.0. The van der Waals surface area contributed by atoms with Gasteiger partial charge in [-0.3, -0.25) is 4.79 Å². The fraction of sp³-hybridized carbons (Fsp3) is 0.263. The summed E-state index contributed by atoms with van der Waals surface area (Å²) in [5.41, 5.74) is 8.00. The van der Waals surface area contributed by atoms with E-state index in [0.717, 1.165) is 29.8 Å². The van der Waals surface area contributed by atoms with E-state index in [4.69, 9.17) is 15.2 Å². The van der Waals surface area contributed by atoms with Crippen molar-refractivity contribution in [3.05, 3.63) is 59.7 Å². The maximum Gasteiger partial charge on any atom is 0.282 e. The lowest BCUT2D eigenvalue weighted by Gasteiger charge is -2.08. The van der Waals surface area contributed by atoms with Crippen molar-refractivity contribution >= 4 is 17.6 Å². The van der Waals surface area contributed by atoms with E-state index in [9.17, 15) is 4.79 Å². The number of aliphatic imine (C=N–C) groups is 1. The maximum absolute atomic E-state index is 12.3. The predicted octanol–water partition coefficient (Wildman–Crippen LogP) is 2.59. The molecular formula is C19H21N3O3. The van der Waals surface area contributed by atoms with Crippen LogP contribution < -0.4 is 15.8 Å². The molecule has 0 spiro atoms. The number of hydrogen-bond acceptors (Lipinski definition) is 5. The fourth-order valence-electron chi connectivity index (χ4n) is 2.62. The molecule has 1 amide bonds. The number of carbonyl (C=O) groups excluding carboxylic acids is 1. The van der Waals surface area contributed by atoms with E-state index in [-0.39, 0.29) is 18.0 Å². The van der Waals surface area contributed by atoms with Gasteiger partial charge >= 0.3 is 0 Å². The van der Waals surface area contributed by atoms with Crippen LogP contribution >= 0.6 is 0 Å². The Labute approximate surface area is 146 Å². The number of amides is 1. The van der Waals surface area contributed by atoms with E-state index in [1.54, 1.807) is 31.4 Å². The first kappa shape index (κ1) is 16.8. The molecule has 0 radical (unpaired) electrons. The highest BCUT2D eigenvalue weighted by atomic mass is 16.5. The van der Waals surface area contributed by atoms with Gasteiger partial charge in [-0.1, -0.05) is 12.1 Å². The first-order valence-corrected chi connectivity index (χ1v) is 8.14. The van der Waals surface area contributed by atoms with Crippen molar-refractivity contribution in [2.75, 3.05) is 19.0 Å². The zero-order valence-electron chi connectivity index (χ0n) is 14.1. The Balaban J connectivity index is 1.54. The maximum atomic E-state index is 12.3. The lowest BCUT2D eigenvalue weighted by molar-refractivity contribution is 0.102. The van der Waals surface area contributed by atoms with Gasteiger partial charge in [0.2, 0.25) is 0 Å². The van der Waals surface area contributed by atoms with Crippen LogP contribution in [0.3, 0.4) is 0 Å². The smallest absolute Gasteiger partial charge is 0.282 e. The summed E-state index contributed by atoms with van der Waals surface area (Å²) in [6.07, 6.45) is 1.74. The van der Waals surface area contributed by atoms with Crippen molar-refractivity contribution in [2.45, 2.75) is 18.9 Å². The summed E-state index contributed by atoms with van der Waals surface area (Å²) < 4.78 is 10.2. The number of nitrogens with two attached hydrogens (primary N) is 1. The van der Waals surface area contributed by atoms with Crippen LogP contribution in [-0.4, -0.2) is 31.7 Å². The summed E-state index contributed by atoms with van der Waals surface area (Å²) in [6, 6.07) is 15.2. The SMILES string of the molecule is COc1ccc(NC(=O)c2ccc(CC[C@H]3COC(N)=N3)cc2)cc1. The molecule has 1 aliphatic heterocycles. The van der Waals surface area contributed by atoms with Crippen LogP contribution in [0.25, 0.3) is 0 Å². The van der Waals surface area contributed by atoms with Crippen molar-refractivity contribution in [1.29, 1.82) is 0 Å². The van der Waals surface area contributed by atoms with E-state index in [0.29, 0.717) is 12.2 Å². The number of nitrogens with one attached hydrogen (secondary N) is 1. The Bertz CT molecular complexity index is 754. The number of anilines is 1. The minimum absolute atomic E-state index is 0.123. The third-order valence-corrected chi connectivity index (χ3v) is 4.06. The molecule has 0 saturated heterocycles. The van der Waals surface area contributed by atoms with Crippen molar-refractivity contribution < 1.29 is 14.3 Å². The summed E-state index contributed by atoms with van der Waals surface area (Å²) in [7, 11) is 1.61. The fourth-order valence-corrected chi connectivity index (χ4v) is 2.62. The van der Waals surface area contributed by atoms with E-state index in [1.165, 1.54) is 0 Å². The van der Waals surface area contributed by atoms with E-state index >= 15 is 0 Å². The summed E-state index contributed by atoms with van der Waals surface area (Å²) >= 11 is 0. The number of amidine groups is 1. The first-order chi connectivity index (χ1) is 12.1. The average Bonchev–Trinajstić information content (AvgIpc) is 3.06. The van der Waals surface area contributed by atoms with Gasteiger partial charge in [0.05, 0.1) is 13.2 Å². The lowest BCUT2D eigenvalue weighted by Crippen LogP contribution is -2.12. The molecule has 6 nitrogen and oxygen atoms in total. The monoisotopic (exact) mass is 339 g/mol. The van der Waals surface area contributed by atoms with Crippen LogP contribution in [0, 0.1) is 0 Å². The molecule has 130 valence electrons. The Kier molecular flexibility index (Phi) is 5.18. The van der Waals surface area contributed by atoms with Crippen molar-refractivity contribution in [3.8, 4) is 5.75 Å².